The van der Waals surface area contributed by atoms with Crippen molar-refractivity contribution in [2.24, 2.45) is 0 Å². The number of esters is 1. The number of quaternary nitrogens is 1. The maximum atomic E-state index is 11.4. The molecule has 0 aromatic rings. The van der Waals surface area contributed by atoms with Crippen LogP contribution in [0.4, 0.5) is 0 Å². The number of carbonyl (C=O) groups excluding carboxylic acids is 1. The van der Waals surface area contributed by atoms with Crippen molar-refractivity contribution in [3.8, 4) is 0 Å². The molecule has 0 aliphatic heterocycles. The van der Waals surface area contributed by atoms with Crippen LogP contribution in [0.5, 0.6) is 0 Å². The lowest BCUT2D eigenvalue weighted by molar-refractivity contribution is -0.870. The van der Waals surface area contributed by atoms with Gasteiger partial charge in [-0.25, -0.2) is 4.84 Å². The Bertz CT molecular complexity index is 215. The summed E-state index contributed by atoms with van der Waals surface area (Å²) in [4.78, 5) is 13.9. The molecule has 16 heavy (non-hydrogen) atoms. The van der Waals surface area contributed by atoms with Gasteiger partial charge in [-0.3, -0.25) is 4.79 Å². The molecule has 0 amide bonds. The molecule has 0 aliphatic carbocycles. The highest BCUT2D eigenvalue weighted by molar-refractivity contribution is 6.14. The largest absolute Gasteiger partial charge is 1.00 e. The van der Waals surface area contributed by atoms with E-state index in [0.29, 0.717) is 6.61 Å². The van der Waals surface area contributed by atoms with Gasteiger partial charge in [0.1, 0.15) is 13.2 Å². The van der Waals surface area contributed by atoms with E-state index in [-0.39, 0.29) is 24.8 Å². The predicted molar refractivity (Wildman–Crippen MR) is 61.5 cm³/mol. The molecule has 0 rings (SSSR count). The van der Waals surface area contributed by atoms with E-state index in [2.05, 4.69) is 26.0 Å². The van der Waals surface area contributed by atoms with Gasteiger partial charge in [-0.15, -0.1) is 0 Å². The second kappa shape index (κ2) is 7.33. The summed E-state index contributed by atoms with van der Waals surface area (Å²) >= 11 is 5.48. The number of hydrogen-bond donors (Lipinski definition) is 1. The molecule has 0 fully saturated rings. The Balaban J connectivity index is 0. The van der Waals surface area contributed by atoms with E-state index in [1.165, 1.54) is 0 Å². The average molecular weight is 273 g/mol. The predicted octanol–water partition coefficient (Wildman–Crippen LogP) is -1.85. The Morgan fingerprint density at radius 3 is 2.25 bits per heavy atom. The molecule has 0 saturated carbocycles. The summed E-state index contributed by atoms with van der Waals surface area (Å²) in [5, 5.41) is 0. The highest BCUT2D eigenvalue weighted by Crippen LogP contribution is 2.10. The molecular weight excluding hydrogens is 251 g/mol. The van der Waals surface area contributed by atoms with Gasteiger partial charge in [0.05, 0.1) is 27.6 Å². The van der Waals surface area contributed by atoms with Crippen molar-refractivity contribution < 1.29 is 26.4 Å². The minimum Gasteiger partial charge on any atom is -1.00 e. The minimum absolute atomic E-state index is 0. The fourth-order valence-corrected chi connectivity index (χ4v) is 0.945. The molecule has 0 unspecified atom stereocenters. The molecule has 4 nitrogen and oxygen atoms in total. The number of nitrogens with one attached hydrogen (secondary N) is 1. The van der Waals surface area contributed by atoms with E-state index in [4.69, 9.17) is 16.5 Å². The normalized spacial score (nSPS) is 11.9. The van der Waals surface area contributed by atoms with Crippen molar-refractivity contribution >= 4 is 17.7 Å². The maximum Gasteiger partial charge on any atom is 0.307 e. The van der Waals surface area contributed by atoms with Gasteiger partial charge in [0, 0.05) is 5.54 Å². The van der Waals surface area contributed by atoms with Crippen LogP contribution in [-0.4, -0.2) is 50.3 Å². The molecule has 98 valence electrons. The third kappa shape index (κ3) is 10.5. The first-order valence-electron chi connectivity index (χ1n) is 5.00. The zero-order chi connectivity index (χ0) is 12.1. The van der Waals surface area contributed by atoms with E-state index in [9.17, 15) is 4.79 Å². The molecule has 0 radical (unpaired) electrons. The van der Waals surface area contributed by atoms with Crippen LogP contribution in [0.1, 0.15) is 20.3 Å². The lowest BCUT2D eigenvalue weighted by Gasteiger charge is -2.24. The summed E-state index contributed by atoms with van der Waals surface area (Å²) in [7, 11) is 6.16. The highest BCUT2D eigenvalue weighted by Gasteiger charge is 2.22. The van der Waals surface area contributed by atoms with Crippen LogP contribution in [0.3, 0.4) is 0 Å². The lowest BCUT2D eigenvalue weighted by Crippen LogP contribution is -3.00. The summed E-state index contributed by atoms with van der Waals surface area (Å²) < 4.78 is 5.88. The van der Waals surface area contributed by atoms with Crippen molar-refractivity contribution in [1.29, 1.82) is 0 Å². The van der Waals surface area contributed by atoms with Gasteiger partial charge in [0.15, 0.2) is 0 Å². The Morgan fingerprint density at radius 1 is 1.38 bits per heavy atom. The summed E-state index contributed by atoms with van der Waals surface area (Å²) in [5.74, 6) is -0.221. The second-order valence-electron chi connectivity index (χ2n) is 5.39. The number of nitrogens with zero attached hydrogens (tertiary/aromatic N) is 1. The van der Waals surface area contributed by atoms with Gasteiger partial charge >= 0.3 is 5.97 Å². The molecule has 6 heteroatoms. The summed E-state index contributed by atoms with van der Waals surface area (Å²) in [5.41, 5.74) is -0.421. The smallest absolute Gasteiger partial charge is 0.307 e. The maximum absolute atomic E-state index is 11.4. The quantitative estimate of drug-likeness (QED) is 0.351. The van der Waals surface area contributed by atoms with Crippen molar-refractivity contribution in [1.82, 2.24) is 4.84 Å². The van der Waals surface area contributed by atoms with E-state index in [0.717, 1.165) is 11.0 Å². The Labute approximate surface area is 109 Å². The monoisotopic (exact) mass is 272 g/mol. The van der Waals surface area contributed by atoms with E-state index in [1.54, 1.807) is 0 Å². The lowest BCUT2D eigenvalue weighted by atomic mass is 10.0. The van der Waals surface area contributed by atoms with Crippen molar-refractivity contribution in [2.75, 3.05) is 34.3 Å². The number of likely N-dealkylation sites (N-methyl/N-ethyl adjacent to an activating group) is 1. The second-order valence-corrected chi connectivity index (χ2v) is 5.58. The molecule has 0 aliphatic rings. The zero-order valence-electron chi connectivity index (χ0n) is 10.6. The van der Waals surface area contributed by atoms with Crippen LogP contribution in [-0.2, 0) is 9.53 Å². The first-order chi connectivity index (χ1) is 6.66. The van der Waals surface area contributed by atoms with Crippen LogP contribution >= 0.6 is 11.8 Å². The van der Waals surface area contributed by atoms with Gasteiger partial charge < -0.3 is 21.6 Å². The molecule has 0 aromatic carbocycles. The Hall–Kier alpha value is -0.0300. The fraction of sp³-hybridized carbons (Fsp3) is 0.900. The zero-order valence-corrected chi connectivity index (χ0v) is 12.2. The summed E-state index contributed by atoms with van der Waals surface area (Å²) in [6.07, 6.45) is 0.271. The van der Waals surface area contributed by atoms with Crippen molar-refractivity contribution in [2.45, 2.75) is 25.8 Å². The van der Waals surface area contributed by atoms with Gasteiger partial charge in [0.2, 0.25) is 0 Å². The molecule has 0 saturated heterocycles. The van der Waals surface area contributed by atoms with E-state index < -0.39 is 5.54 Å². The first-order valence-corrected chi connectivity index (χ1v) is 5.38. The van der Waals surface area contributed by atoms with E-state index in [1.807, 2.05) is 13.8 Å². The molecule has 0 bridgehead atoms. The molecule has 0 aromatic heterocycles. The molecule has 0 atom stereocenters. The van der Waals surface area contributed by atoms with Crippen LogP contribution in [0.15, 0.2) is 0 Å². The molecule has 0 heterocycles. The first kappa shape index (κ1) is 18.3. The van der Waals surface area contributed by atoms with Crippen molar-refractivity contribution in [3.05, 3.63) is 0 Å². The van der Waals surface area contributed by atoms with E-state index >= 15 is 0 Å². The summed E-state index contributed by atoms with van der Waals surface area (Å²) in [6, 6.07) is 0. The van der Waals surface area contributed by atoms with Gasteiger partial charge in [-0.05, 0) is 25.6 Å². The molecule has 0 spiro atoms. The van der Waals surface area contributed by atoms with Gasteiger partial charge in [-0.2, -0.15) is 0 Å². The molecular formula is C10H22Cl2N2O2. The third-order valence-electron chi connectivity index (χ3n) is 1.87. The standard InChI is InChI=1S/C10H22ClN2O2.ClH/c1-10(2,12-11)8-9(14)15-7-6-13(3,4)5;/h12H,6-8H2,1-5H3;1H/q+1;/p-1. The SMILES string of the molecule is CC(C)(CC(=O)OCC[N+](C)(C)C)NCl.[Cl-]. The van der Waals surface area contributed by atoms with Crippen molar-refractivity contribution in [3.63, 3.8) is 0 Å². The summed E-state index contributed by atoms with van der Waals surface area (Å²) in [6.45, 7) is 4.95. The third-order valence-corrected chi connectivity index (χ3v) is 2.38. The number of hydrogen-bond acceptors (Lipinski definition) is 3. The van der Waals surface area contributed by atoms with Crippen LogP contribution in [0.2, 0.25) is 0 Å². The highest BCUT2D eigenvalue weighted by atomic mass is 35.5. The number of carbonyl (C=O) groups is 1. The van der Waals surface area contributed by atoms with Gasteiger partial charge in [-0.1, -0.05) is 0 Å². The fourth-order valence-electron chi connectivity index (χ4n) is 0.879. The molecule has 1 N–H and O–H groups in total. The number of halogens is 2. The van der Waals surface area contributed by atoms with Crippen LogP contribution in [0, 0.1) is 0 Å². The minimum atomic E-state index is -0.421. The van der Waals surface area contributed by atoms with Gasteiger partial charge in [0.25, 0.3) is 0 Å². The topological polar surface area (TPSA) is 38.3 Å². The number of ether oxygens (including phenoxy) is 1. The Kier molecular flexibility index (Phi) is 8.40. The average Bonchev–Trinajstić information content (AvgIpc) is 2.00. The Morgan fingerprint density at radius 2 is 1.88 bits per heavy atom. The van der Waals surface area contributed by atoms with Crippen LogP contribution in [0.25, 0.3) is 0 Å². The number of rotatable bonds is 6. The van der Waals surface area contributed by atoms with Crippen LogP contribution < -0.4 is 17.2 Å².